The molecule has 3 aliphatic rings. The van der Waals surface area contributed by atoms with Gasteiger partial charge in [0, 0.05) is 26.6 Å². The minimum atomic E-state index is -5.21. The number of carbonyl (C=O) groups is 7. The molecular weight excluding hydrogens is 782 g/mol. The van der Waals surface area contributed by atoms with Crippen molar-refractivity contribution in [3.8, 4) is 0 Å². The largest absolute Gasteiger partial charge is 0.461 e. The van der Waals surface area contributed by atoms with Crippen molar-refractivity contribution in [2.45, 2.75) is 121 Å². The summed E-state index contributed by atoms with van der Waals surface area (Å²) in [5, 5.41) is 7.22. The predicted molar refractivity (Wildman–Crippen MR) is 193 cm³/mol. The van der Waals surface area contributed by atoms with Crippen LogP contribution in [0.15, 0.2) is 30.4 Å². The van der Waals surface area contributed by atoms with Gasteiger partial charge in [-0.15, -0.1) is 0 Å². The zero-order chi connectivity index (χ0) is 43.1. The molecule has 1 aromatic rings. The fourth-order valence-electron chi connectivity index (χ4n) is 7.03. The number of unbranched alkanes of at least 4 members (excludes halogenated alkanes) is 2. The number of amides is 6. The monoisotopic (exact) mass is 830 g/mol. The summed E-state index contributed by atoms with van der Waals surface area (Å²) >= 11 is 0. The number of esters is 1. The Balaban J connectivity index is 1.73. The maximum Gasteiger partial charge on any atom is 0.416 e. The molecule has 0 saturated carbocycles. The molecular formula is C38H48F6N6O8. The first-order chi connectivity index (χ1) is 27.1. The number of allylic oxidation sites excluding steroid dienone is 1. The molecule has 0 radical (unpaired) electrons. The lowest BCUT2D eigenvalue weighted by Gasteiger charge is -2.34. The summed E-state index contributed by atoms with van der Waals surface area (Å²) in [6.07, 6.45) is -5.91. The number of alkyl halides is 6. The number of benzene rings is 1. The predicted octanol–water partition coefficient (Wildman–Crippen LogP) is 2.87. The number of hydrogen-bond donors (Lipinski definition) is 3. The standard InChI is InChI=1S/C38H48F6N6O8/c1-5-6-7-8-13-30(51)46-26(18-23-16-24(37(39,40)41)19-25(17-23)38(42,43)44)32(53)47-27-20-58-36(57)29-12-10-15-50(29)33(54)21(2)45-31(52)22(3)48(4)35(56)28-11-9-14-49(28)34(27)55/h8,13,16-17,19,21-22,26-29H,5-7,9-12,14-15,18,20H2,1-4H3,(H,45,52)(H,46,51)(H,47,53)/b13-8+/t21-,22-,26+,27-,28-,29-/m0/s1. The maximum atomic E-state index is 14.3. The van der Waals surface area contributed by atoms with Crippen LogP contribution >= 0.6 is 0 Å². The molecule has 3 fully saturated rings. The van der Waals surface area contributed by atoms with E-state index in [1.165, 1.54) is 31.9 Å². The normalized spacial score (nSPS) is 24.7. The third-order valence-electron chi connectivity index (χ3n) is 10.4. The van der Waals surface area contributed by atoms with Crippen molar-refractivity contribution in [2.24, 2.45) is 0 Å². The Kier molecular flexibility index (Phi) is 15.0. The Bertz CT molecular complexity index is 1740. The van der Waals surface area contributed by atoms with Crippen LogP contribution in [0.2, 0.25) is 0 Å². The molecule has 3 aliphatic heterocycles. The number of carbonyl (C=O) groups excluding carboxylic acids is 7. The van der Waals surface area contributed by atoms with E-state index < -0.39 is 120 Å². The van der Waals surface area contributed by atoms with E-state index >= 15 is 0 Å². The molecule has 14 nitrogen and oxygen atoms in total. The van der Waals surface area contributed by atoms with Crippen molar-refractivity contribution >= 4 is 41.4 Å². The summed E-state index contributed by atoms with van der Waals surface area (Å²) < 4.78 is 88.0. The zero-order valence-corrected chi connectivity index (χ0v) is 32.5. The second-order valence-electron chi connectivity index (χ2n) is 14.6. The van der Waals surface area contributed by atoms with E-state index in [4.69, 9.17) is 4.74 Å². The lowest BCUT2D eigenvalue weighted by atomic mass is 9.98. The van der Waals surface area contributed by atoms with E-state index in [1.54, 1.807) is 0 Å². The highest BCUT2D eigenvalue weighted by Gasteiger charge is 2.44. The third-order valence-corrected chi connectivity index (χ3v) is 10.4. The summed E-state index contributed by atoms with van der Waals surface area (Å²) in [6, 6.07) is -7.44. The van der Waals surface area contributed by atoms with Crippen molar-refractivity contribution in [2.75, 3.05) is 26.7 Å². The highest BCUT2D eigenvalue weighted by atomic mass is 19.4. The van der Waals surface area contributed by atoms with E-state index in [9.17, 15) is 59.9 Å². The van der Waals surface area contributed by atoms with Crippen molar-refractivity contribution in [1.82, 2.24) is 30.7 Å². The zero-order valence-electron chi connectivity index (χ0n) is 32.5. The number of rotatable bonds is 9. The van der Waals surface area contributed by atoms with E-state index in [2.05, 4.69) is 16.0 Å². The summed E-state index contributed by atoms with van der Waals surface area (Å²) in [5.74, 6) is -6.01. The molecule has 0 spiro atoms. The number of ether oxygens (including phenoxy) is 1. The average molecular weight is 831 g/mol. The number of fused-ring (bicyclic) bond motifs is 2. The van der Waals surface area contributed by atoms with Gasteiger partial charge < -0.3 is 35.4 Å². The topological polar surface area (TPSA) is 175 Å². The van der Waals surface area contributed by atoms with Gasteiger partial charge in [0.05, 0.1) is 11.1 Å². The molecule has 3 heterocycles. The molecule has 1 aromatic carbocycles. The molecule has 4 rings (SSSR count). The molecule has 3 saturated heterocycles. The number of nitrogens with zero attached hydrogens (tertiary/aromatic N) is 3. The van der Waals surface area contributed by atoms with Gasteiger partial charge in [-0.25, -0.2) is 4.79 Å². The Morgan fingerprint density at radius 1 is 0.897 bits per heavy atom. The van der Waals surface area contributed by atoms with Crippen molar-refractivity contribution in [3.05, 3.63) is 47.0 Å². The van der Waals surface area contributed by atoms with Gasteiger partial charge in [0.15, 0.2) is 0 Å². The highest BCUT2D eigenvalue weighted by Crippen LogP contribution is 2.36. The molecule has 3 N–H and O–H groups in total. The number of hydrogen-bond acceptors (Lipinski definition) is 8. The summed E-state index contributed by atoms with van der Waals surface area (Å²) in [4.78, 5) is 98.4. The first-order valence-corrected chi connectivity index (χ1v) is 19.0. The maximum absolute atomic E-state index is 14.3. The molecule has 58 heavy (non-hydrogen) atoms. The summed E-state index contributed by atoms with van der Waals surface area (Å²) in [5.41, 5.74) is -3.94. The SMILES string of the molecule is CCCC/C=C/C(=O)N[C@H](Cc1cc(C(F)(F)F)cc(C(F)(F)F)c1)C(=O)N[C@H]1COC(=O)[C@@H]2CCCN2C(=O)[C@H](C)NC(=O)[C@H](C)N(C)C(=O)[C@@H]2CCCN2C1=O. The van der Waals surface area contributed by atoms with Gasteiger partial charge in [0.25, 0.3) is 0 Å². The second-order valence-corrected chi connectivity index (χ2v) is 14.6. The van der Waals surface area contributed by atoms with Gasteiger partial charge in [-0.05, 0) is 75.8 Å². The van der Waals surface area contributed by atoms with E-state index in [0.717, 1.165) is 22.3 Å². The van der Waals surface area contributed by atoms with E-state index in [0.29, 0.717) is 37.8 Å². The fraction of sp³-hybridized carbons (Fsp3) is 0.605. The van der Waals surface area contributed by atoms with E-state index in [1.807, 2.05) is 6.92 Å². The average Bonchev–Trinajstić information content (AvgIpc) is 3.86. The van der Waals surface area contributed by atoms with E-state index in [-0.39, 0.29) is 32.0 Å². The number of cyclic esters (lactones) is 1. The first kappa shape index (κ1) is 45.5. The van der Waals surface area contributed by atoms with Crippen LogP contribution in [-0.2, 0) is 57.1 Å². The Labute approximate surface area is 331 Å². The molecule has 20 heteroatoms. The summed E-state index contributed by atoms with van der Waals surface area (Å²) in [7, 11) is 1.34. The molecule has 0 aliphatic carbocycles. The smallest absolute Gasteiger partial charge is 0.416 e. The Morgan fingerprint density at radius 3 is 2.07 bits per heavy atom. The van der Waals surface area contributed by atoms with Crippen LogP contribution in [0, 0.1) is 0 Å². The highest BCUT2D eigenvalue weighted by molar-refractivity contribution is 5.98. The number of nitrogens with one attached hydrogen (secondary N) is 3. The molecule has 6 amide bonds. The molecule has 6 atom stereocenters. The van der Waals surface area contributed by atoms with Crippen LogP contribution in [0.5, 0.6) is 0 Å². The van der Waals surface area contributed by atoms with Crippen molar-refractivity contribution in [1.29, 1.82) is 0 Å². The van der Waals surface area contributed by atoms with Crippen LogP contribution < -0.4 is 16.0 Å². The number of halogens is 6. The van der Waals surface area contributed by atoms with Crippen LogP contribution in [0.1, 0.15) is 82.4 Å². The van der Waals surface area contributed by atoms with Gasteiger partial charge in [0.1, 0.15) is 42.9 Å². The van der Waals surface area contributed by atoms with Gasteiger partial charge in [0.2, 0.25) is 35.4 Å². The quantitative estimate of drug-likeness (QED) is 0.148. The minimum Gasteiger partial charge on any atom is -0.461 e. The summed E-state index contributed by atoms with van der Waals surface area (Å²) in [6.45, 7) is 3.98. The van der Waals surface area contributed by atoms with Crippen molar-refractivity contribution < 1.29 is 64.6 Å². The fourth-order valence-corrected chi connectivity index (χ4v) is 7.03. The van der Waals surface area contributed by atoms with Crippen LogP contribution in [0.3, 0.4) is 0 Å². The van der Waals surface area contributed by atoms with Gasteiger partial charge >= 0.3 is 18.3 Å². The minimum absolute atomic E-state index is 0.0148. The lowest BCUT2D eigenvalue weighted by molar-refractivity contribution is -0.158. The first-order valence-electron chi connectivity index (χ1n) is 19.0. The Hall–Kier alpha value is -5.17. The van der Waals surface area contributed by atoms with Crippen LogP contribution in [0.4, 0.5) is 26.3 Å². The molecule has 0 bridgehead atoms. The molecule has 0 aromatic heterocycles. The third kappa shape index (κ3) is 11.3. The number of likely N-dealkylation sites (N-methyl/N-ethyl adjacent to an activating group) is 1. The molecule has 0 unspecified atom stereocenters. The molecule has 320 valence electrons. The van der Waals surface area contributed by atoms with Gasteiger partial charge in [-0.1, -0.05) is 25.8 Å². The van der Waals surface area contributed by atoms with Crippen LogP contribution in [0.25, 0.3) is 0 Å². The van der Waals surface area contributed by atoms with Crippen LogP contribution in [-0.4, -0.2) is 119 Å². The van der Waals surface area contributed by atoms with Gasteiger partial charge in [-0.3, -0.25) is 28.8 Å². The second kappa shape index (κ2) is 19.1. The van der Waals surface area contributed by atoms with Gasteiger partial charge in [-0.2, -0.15) is 26.3 Å². The lowest BCUT2D eigenvalue weighted by Crippen LogP contribution is -2.60. The Morgan fingerprint density at radius 2 is 1.48 bits per heavy atom. The van der Waals surface area contributed by atoms with Crippen molar-refractivity contribution in [3.63, 3.8) is 0 Å².